The highest BCUT2D eigenvalue weighted by Gasteiger charge is 2.34. The van der Waals surface area contributed by atoms with Crippen molar-refractivity contribution in [3.05, 3.63) is 59.7 Å². The van der Waals surface area contributed by atoms with E-state index in [0.29, 0.717) is 13.0 Å². The molecule has 0 radical (unpaired) electrons. The third-order valence-corrected chi connectivity index (χ3v) is 7.10. The minimum Gasteiger partial charge on any atom is -0.326 e. The second-order valence-corrected chi connectivity index (χ2v) is 9.02. The number of sulfonamides is 1. The van der Waals surface area contributed by atoms with Crippen molar-refractivity contribution >= 4 is 21.6 Å². The molecule has 27 heavy (non-hydrogen) atoms. The third kappa shape index (κ3) is 4.57. The molecule has 1 aliphatic rings. The Kier molecular flexibility index (Phi) is 5.97. The number of carbonyl (C=O) groups is 1. The van der Waals surface area contributed by atoms with E-state index in [1.807, 2.05) is 32.0 Å². The van der Waals surface area contributed by atoms with Gasteiger partial charge in [0, 0.05) is 24.7 Å². The Morgan fingerprint density at radius 3 is 2.52 bits per heavy atom. The Morgan fingerprint density at radius 1 is 1.07 bits per heavy atom. The Morgan fingerprint density at radius 2 is 1.81 bits per heavy atom. The van der Waals surface area contributed by atoms with E-state index in [-0.39, 0.29) is 23.3 Å². The van der Waals surface area contributed by atoms with Crippen molar-refractivity contribution in [2.75, 3.05) is 11.9 Å². The van der Waals surface area contributed by atoms with Crippen LogP contribution in [0.3, 0.4) is 0 Å². The molecule has 1 atom stereocenters. The molecular formula is C21H26N2O3S. The van der Waals surface area contributed by atoms with Crippen molar-refractivity contribution in [2.24, 2.45) is 0 Å². The topological polar surface area (TPSA) is 66.5 Å². The summed E-state index contributed by atoms with van der Waals surface area (Å²) in [5.74, 6) is -0.154. The van der Waals surface area contributed by atoms with Gasteiger partial charge in [-0.1, -0.05) is 30.7 Å². The van der Waals surface area contributed by atoms with Gasteiger partial charge in [-0.3, -0.25) is 4.79 Å². The molecule has 3 rings (SSSR count). The Labute approximate surface area is 161 Å². The molecule has 1 N–H and O–H groups in total. The van der Waals surface area contributed by atoms with Crippen molar-refractivity contribution in [3.8, 4) is 0 Å². The third-order valence-electron chi connectivity index (χ3n) is 5.13. The fourth-order valence-electron chi connectivity index (χ4n) is 3.47. The van der Waals surface area contributed by atoms with Crippen LogP contribution < -0.4 is 5.32 Å². The largest absolute Gasteiger partial charge is 0.326 e. The zero-order chi connectivity index (χ0) is 19.4. The van der Waals surface area contributed by atoms with Gasteiger partial charge < -0.3 is 5.32 Å². The Bertz CT molecular complexity index is 910. The number of carbonyl (C=O) groups excluding carboxylic acids is 1. The van der Waals surface area contributed by atoms with E-state index in [2.05, 4.69) is 5.32 Å². The summed E-state index contributed by atoms with van der Waals surface area (Å²) in [6.45, 7) is 4.48. The zero-order valence-electron chi connectivity index (χ0n) is 15.8. The van der Waals surface area contributed by atoms with Crippen molar-refractivity contribution in [1.29, 1.82) is 0 Å². The lowest BCUT2D eigenvalue weighted by Crippen LogP contribution is -2.45. The van der Waals surface area contributed by atoms with Gasteiger partial charge in [-0.2, -0.15) is 4.31 Å². The summed E-state index contributed by atoms with van der Waals surface area (Å²) in [6, 6.07) is 13.9. The average Bonchev–Trinajstić information content (AvgIpc) is 2.66. The van der Waals surface area contributed by atoms with Crippen LogP contribution >= 0.6 is 0 Å². The minimum atomic E-state index is -3.59. The van der Waals surface area contributed by atoms with Crippen LogP contribution in [0.4, 0.5) is 5.69 Å². The predicted octanol–water partition coefficient (Wildman–Crippen LogP) is 3.88. The molecule has 1 amide bonds. The maximum atomic E-state index is 13.0. The van der Waals surface area contributed by atoms with Crippen LogP contribution in [0.5, 0.6) is 0 Å². The molecule has 2 aromatic carbocycles. The summed E-state index contributed by atoms with van der Waals surface area (Å²) in [5.41, 5.74) is 3.02. The van der Waals surface area contributed by atoms with E-state index in [0.717, 1.165) is 24.1 Å². The minimum absolute atomic E-state index is 0.154. The number of amides is 1. The van der Waals surface area contributed by atoms with Gasteiger partial charge in [-0.05, 0) is 62.1 Å². The Hall–Kier alpha value is -2.18. The van der Waals surface area contributed by atoms with Crippen molar-refractivity contribution in [1.82, 2.24) is 4.31 Å². The number of nitrogens with zero attached hydrogens (tertiary/aromatic N) is 1. The van der Waals surface area contributed by atoms with Gasteiger partial charge in [0.1, 0.15) is 0 Å². The van der Waals surface area contributed by atoms with Crippen molar-refractivity contribution < 1.29 is 13.2 Å². The van der Waals surface area contributed by atoms with Crippen LogP contribution in [0, 0.1) is 13.8 Å². The quantitative estimate of drug-likeness (QED) is 0.848. The second-order valence-electron chi connectivity index (χ2n) is 7.13. The van der Waals surface area contributed by atoms with Gasteiger partial charge in [0.2, 0.25) is 15.9 Å². The first kappa shape index (κ1) is 19.6. The molecule has 1 aliphatic heterocycles. The highest BCUT2D eigenvalue weighted by molar-refractivity contribution is 7.89. The summed E-state index contributed by atoms with van der Waals surface area (Å²) < 4.78 is 27.5. The molecule has 144 valence electrons. The second kappa shape index (κ2) is 8.23. The summed E-state index contributed by atoms with van der Waals surface area (Å²) in [6.07, 6.45) is 2.62. The SMILES string of the molecule is Cc1ccc(NC(=O)CC2CCCCN2S(=O)(=O)c2ccccc2)cc1C. The van der Waals surface area contributed by atoms with Gasteiger partial charge in [0.05, 0.1) is 4.90 Å². The lowest BCUT2D eigenvalue weighted by atomic mass is 10.0. The summed E-state index contributed by atoms with van der Waals surface area (Å²) in [5, 5.41) is 2.91. The lowest BCUT2D eigenvalue weighted by Gasteiger charge is -2.34. The van der Waals surface area contributed by atoms with E-state index < -0.39 is 10.0 Å². The fourth-order valence-corrected chi connectivity index (χ4v) is 5.18. The number of benzene rings is 2. The fraction of sp³-hybridized carbons (Fsp3) is 0.381. The number of rotatable bonds is 5. The summed E-state index contributed by atoms with van der Waals surface area (Å²) >= 11 is 0. The average molecular weight is 387 g/mol. The molecule has 1 unspecified atom stereocenters. The number of nitrogens with one attached hydrogen (secondary N) is 1. The maximum Gasteiger partial charge on any atom is 0.243 e. The lowest BCUT2D eigenvalue weighted by molar-refractivity contribution is -0.117. The molecule has 0 bridgehead atoms. The van der Waals surface area contributed by atoms with Crippen LogP contribution in [-0.4, -0.2) is 31.2 Å². The first-order chi connectivity index (χ1) is 12.9. The normalized spacial score (nSPS) is 18.2. The molecule has 5 nitrogen and oxygen atoms in total. The smallest absolute Gasteiger partial charge is 0.243 e. The number of hydrogen-bond acceptors (Lipinski definition) is 3. The van der Waals surface area contributed by atoms with Gasteiger partial charge in [0.15, 0.2) is 0 Å². The van der Waals surface area contributed by atoms with Crippen LogP contribution in [0.15, 0.2) is 53.4 Å². The van der Waals surface area contributed by atoms with Crippen LogP contribution in [0.25, 0.3) is 0 Å². The van der Waals surface area contributed by atoms with Gasteiger partial charge in [-0.25, -0.2) is 8.42 Å². The molecule has 2 aromatic rings. The number of piperidine rings is 1. The van der Waals surface area contributed by atoms with Crippen LogP contribution in [-0.2, 0) is 14.8 Å². The molecule has 0 aliphatic carbocycles. The van der Waals surface area contributed by atoms with Crippen LogP contribution in [0.2, 0.25) is 0 Å². The standard InChI is InChI=1S/C21H26N2O3S/c1-16-11-12-18(14-17(16)2)22-21(24)15-19-8-6-7-13-23(19)27(25,26)20-9-4-3-5-10-20/h3-5,9-12,14,19H,6-8,13,15H2,1-2H3,(H,22,24). The van der Waals surface area contributed by atoms with Crippen molar-refractivity contribution in [2.45, 2.75) is 50.5 Å². The monoisotopic (exact) mass is 386 g/mol. The molecular weight excluding hydrogens is 360 g/mol. The van der Waals surface area contributed by atoms with E-state index in [9.17, 15) is 13.2 Å². The van der Waals surface area contributed by atoms with Crippen molar-refractivity contribution in [3.63, 3.8) is 0 Å². The summed E-state index contributed by atoms with van der Waals surface area (Å²) in [4.78, 5) is 12.8. The first-order valence-corrected chi connectivity index (χ1v) is 10.8. The molecule has 1 heterocycles. The molecule has 0 spiro atoms. The van der Waals surface area contributed by atoms with Gasteiger partial charge >= 0.3 is 0 Å². The zero-order valence-corrected chi connectivity index (χ0v) is 16.6. The van der Waals surface area contributed by atoms with E-state index >= 15 is 0 Å². The van der Waals surface area contributed by atoms with Gasteiger partial charge in [-0.15, -0.1) is 0 Å². The summed E-state index contributed by atoms with van der Waals surface area (Å²) in [7, 11) is -3.59. The molecule has 0 saturated carbocycles. The predicted molar refractivity (Wildman–Crippen MR) is 107 cm³/mol. The van der Waals surface area contributed by atoms with E-state index in [4.69, 9.17) is 0 Å². The number of anilines is 1. The van der Waals surface area contributed by atoms with E-state index in [1.54, 1.807) is 30.3 Å². The molecule has 1 saturated heterocycles. The number of hydrogen-bond donors (Lipinski definition) is 1. The maximum absolute atomic E-state index is 13.0. The number of aryl methyl sites for hydroxylation is 2. The highest BCUT2D eigenvalue weighted by Crippen LogP contribution is 2.27. The molecule has 1 fully saturated rings. The molecule has 0 aromatic heterocycles. The Balaban J connectivity index is 1.73. The van der Waals surface area contributed by atoms with Crippen LogP contribution in [0.1, 0.15) is 36.8 Å². The van der Waals surface area contributed by atoms with Gasteiger partial charge in [0.25, 0.3) is 0 Å². The highest BCUT2D eigenvalue weighted by atomic mass is 32.2. The van der Waals surface area contributed by atoms with E-state index in [1.165, 1.54) is 9.87 Å². The molecule has 6 heteroatoms. The first-order valence-electron chi connectivity index (χ1n) is 9.32.